The maximum Gasteiger partial charge on any atom is 0.238 e. The number of benzene rings is 1. The number of anilines is 1. The Balaban J connectivity index is 3.00. The number of carbonyl (C=O) groups is 1. The third-order valence-corrected chi connectivity index (χ3v) is 3.65. The molecule has 0 saturated heterocycles. The van der Waals surface area contributed by atoms with E-state index in [1.165, 1.54) is 18.2 Å². The highest BCUT2D eigenvalue weighted by Gasteiger charge is 2.11. The van der Waals surface area contributed by atoms with Gasteiger partial charge < -0.3 is 5.32 Å². The summed E-state index contributed by atoms with van der Waals surface area (Å²) in [5, 5.41) is 10.8. The Morgan fingerprint density at radius 1 is 1.53 bits per heavy atom. The number of nitrogens with one attached hydrogen (secondary N) is 1. The molecule has 0 heterocycles. The molecular weight excluding hydrogens is 308 g/mol. The Morgan fingerprint density at radius 2 is 2.18 bits per heavy atom. The van der Waals surface area contributed by atoms with Crippen LogP contribution in [0.4, 0.5) is 5.69 Å². The average Bonchev–Trinajstić information content (AvgIpc) is 2.20. The van der Waals surface area contributed by atoms with Crippen molar-refractivity contribution in [2.45, 2.75) is 11.3 Å². The molecule has 5 nitrogen and oxygen atoms in total. The van der Waals surface area contributed by atoms with Crippen LogP contribution in [-0.2, 0) is 14.6 Å². The van der Waals surface area contributed by atoms with Crippen LogP contribution in [0.2, 0.25) is 0 Å². The van der Waals surface area contributed by atoms with Gasteiger partial charge in [0, 0.05) is 10.7 Å². The predicted molar refractivity (Wildman–Crippen MR) is 66.1 cm³/mol. The minimum Gasteiger partial charge on any atom is -0.324 e. The number of hydrogen-bond acceptors (Lipinski definition) is 4. The van der Waals surface area contributed by atoms with E-state index in [-0.39, 0.29) is 11.3 Å². The first kappa shape index (κ1) is 13.7. The minimum absolute atomic E-state index is 0.155. The number of amides is 1. The van der Waals surface area contributed by atoms with Crippen LogP contribution in [0.5, 0.6) is 0 Å². The summed E-state index contributed by atoms with van der Waals surface area (Å²) in [7, 11) is -3.28. The van der Waals surface area contributed by atoms with Crippen molar-refractivity contribution in [3.05, 3.63) is 22.7 Å². The molecule has 0 spiro atoms. The summed E-state index contributed by atoms with van der Waals surface area (Å²) in [6.45, 7) is 0. The van der Waals surface area contributed by atoms with Crippen LogP contribution in [0.25, 0.3) is 0 Å². The Morgan fingerprint density at radius 3 is 2.65 bits per heavy atom. The maximum absolute atomic E-state index is 11.3. The van der Waals surface area contributed by atoms with E-state index in [0.717, 1.165) is 6.26 Å². The molecule has 0 radical (unpaired) electrons. The van der Waals surface area contributed by atoms with Gasteiger partial charge in [-0.15, -0.1) is 0 Å². The molecule has 0 unspecified atom stereocenters. The molecule has 0 saturated carbocycles. The van der Waals surface area contributed by atoms with Crippen LogP contribution in [0.3, 0.4) is 0 Å². The normalized spacial score (nSPS) is 10.6. The fraction of sp³-hybridized carbons (Fsp3) is 0.200. The number of hydrogen-bond donors (Lipinski definition) is 1. The van der Waals surface area contributed by atoms with Gasteiger partial charge in [0.2, 0.25) is 5.91 Å². The van der Waals surface area contributed by atoms with Gasteiger partial charge in [-0.2, -0.15) is 5.26 Å². The van der Waals surface area contributed by atoms with Crippen molar-refractivity contribution in [2.24, 2.45) is 0 Å². The molecule has 0 fully saturated rings. The summed E-state index contributed by atoms with van der Waals surface area (Å²) in [6, 6.07) is 5.98. The SMILES string of the molecule is CS(=O)(=O)c1ccc(NC(=O)CC#N)c(Br)c1. The second-order valence-electron chi connectivity index (χ2n) is 3.30. The Kier molecular flexibility index (Phi) is 4.26. The molecule has 0 aliphatic heterocycles. The van der Waals surface area contributed by atoms with Crippen LogP contribution in [0, 0.1) is 11.3 Å². The summed E-state index contributed by atoms with van der Waals surface area (Å²) in [5.41, 5.74) is 0.428. The standard InChI is InChI=1S/C10H9BrN2O3S/c1-17(15,16)7-2-3-9(8(11)6-7)13-10(14)4-5-12/h2-3,6H,4H2,1H3,(H,13,14). The van der Waals surface area contributed by atoms with Crippen molar-refractivity contribution in [1.29, 1.82) is 5.26 Å². The Bertz CT molecular complexity index is 590. The lowest BCUT2D eigenvalue weighted by Crippen LogP contribution is -2.10. The van der Waals surface area contributed by atoms with Gasteiger partial charge in [0.1, 0.15) is 6.42 Å². The van der Waals surface area contributed by atoms with Gasteiger partial charge >= 0.3 is 0 Å². The van der Waals surface area contributed by atoms with Gasteiger partial charge in [0.05, 0.1) is 16.7 Å². The second-order valence-corrected chi connectivity index (χ2v) is 6.17. The molecule has 1 rings (SSSR count). The van der Waals surface area contributed by atoms with E-state index in [1.807, 2.05) is 0 Å². The predicted octanol–water partition coefficient (Wildman–Crippen LogP) is 1.70. The Hall–Kier alpha value is -1.39. The summed E-state index contributed by atoms with van der Waals surface area (Å²) < 4.78 is 23.0. The zero-order chi connectivity index (χ0) is 13.1. The monoisotopic (exact) mass is 316 g/mol. The first-order valence-corrected chi connectivity index (χ1v) is 7.19. The van der Waals surface area contributed by atoms with E-state index in [0.29, 0.717) is 10.2 Å². The molecule has 1 aromatic rings. The molecule has 17 heavy (non-hydrogen) atoms. The molecular formula is C10H9BrN2O3S. The third-order valence-electron chi connectivity index (χ3n) is 1.88. The lowest BCUT2D eigenvalue weighted by molar-refractivity contribution is -0.115. The van der Waals surface area contributed by atoms with Crippen molar-refractivity contribution in [1.82, 2.24) is 0 Å². The van der Waals surface area contributed by atoms with E-state index >= 15 is 0 Å². The highest BCUT2D eigenvalue weighted by atomic mass is 79.9. The maximum atomic E-state index is 11.3. The number of sulfone groups is 1. The van der Waals surface area contributed by atoms with E-state index in [9.17, 15) is 13.2 Å². The highest BCUT2D eigenvalue weighted by molar-refractivity contribution is 9.10. The van der Waals surface area contributed by atoms with E-state index in [2.05, 4.69) is 21.2 Å². The lowest BCUT2D eigenvalue weighted by Gasteiger charge is -2.07. The fourth-order valence-electron chi connectivity index (χ4n) is 1.09. The van der Waals surface area contributed by atoms with Crippen LogP contribution in [-0.4, -0.2) is 20.6 Å². The number of halogens is 1. The van der Waals surface area contributed by atoms with Gasteiger partial charge in [-0.3, -0.25) is 4.79 Å². The summed E-state index contributed by atoms with van der Waals surface area (Å²) in [6.07, 6.45) is 0.850. The number of nitriles is 1. The third kappa shape index (κ3) is 3.84. The highest BCUT2D eigenvalue weighted by Crippen LogP contribution is 2.25. The number of carbonyl (C=O) groups excluding carboxylic acids is 1. The zero-order valence-electron chi connectivity index (χ0n) is 8.90. The molecule has 0 aliphatic carbocycles. The second kappa shape index (κ2) is 5.29. The van der Waals surface area contributed by atoms with Crippen molar-refractivity contribution >= 4 is 37.4 Å². The summed E-state index contributed by atoms with van der Waals surface area (Å²) in [4.78, 5) is 11.3. The zero-order valence-corrected chi connectivity index (χ0v) is 11.3. The van der Waals surface area contributed by atoms with Gasteiger partial charge in [-0.1, -0.05) is 0 Å². The van der Waals surface area contributed by atoms with E-state index in [1.54, 1.807) is 6.07 Å². The first-order chi connectivity index (χ1) is 7.84. The van der Waals surface area contributed by atoms with Crippen LogP contribution in [0.1, 0.15) is 6.42 Å². The van der Waals surface area contributed by atoms with Crippen LogP contribution < -0.4 is 5.32 Å². The van der Waals surface area contributed by atoms with Gasteiger partial charge in [-0.05, 0) is 34.1 Å². The molecule has 1 N–H and O–H groups in total. The Labute approximate surface area is 107 Å². The van der Waals surface area contributed by atoms with Gasteiger partial charge in [0.15, 0.2) is 9.84 Å². The molecule has 7 heteroatoms. The largest absolute Gasteiger partial charge is 0.324 e. The smallest absolute Gasteiger partial charge is 0.238 e. The molecule has 1 aromatic carbocycles. The van der Waals surface area contributed by atoms with Crippen LogP contribution in [0.15, 0.2) is 27.6 Å². The average molecular weight is 317 g/mol. The number of rotatable bonds is 3. The molecule has 1 amide bonds. The lowest BCUT2D eigenvalue weighted by atomic mass is 10.3. The molecule has 0 aliphatic rings. The molecule has 90 valence electrons. The molecule has 0 atom stereocenters. The topological polar surface area (TPSA) is 87.0 Å². The van der Waals surface area contributed by atoms with Crippen molar-refractivity contribution in [3.8, 4) is 6.07 Å². The molecule has 0 aromatic heterocycles. The quantitative estimate of drug-likeness (QED) is 0.919. The van der Waals surface area contributed by atoms with E-state index < -0.39 is 15.7 Å². The fourth-order valence-corrected chi connectivity index (χ4v) is 2.37. The number of nitrogens with zero attached hydrogens (tertiary/aromatic N) is 1. The first-order valence-electron chi connectivity index (χ1n) is 4.51. The van der Waals surface area contributed by atoms with E-state index in [4.69, 9.17) is 5.26 Å². The van der Waals surface area contributed by atoms with Gasteiger partial charge in [-0.25, -0.2) is 8.42 Å². The van der Waals surface area contributed by atoms with Crippen molar-refractivity contribution < 1.29 is 13.2 Å². The van der Waals surface area contributed by atoms with Crippen molar-refractivity contribution in [2.75, 3.05) is 11.6 Å². The van der Waals surface area contributed by atoms with Gasteiger partial charge in [0.25, 0.3) is 0 Å². The summed E-state index contributed by atoms with van der Waals surface area (Å²) in [5.74, 6) is -0.444. The van der Waals surface area contributed by atoms with Crippen LogP contribution >= 0.6 is 15.9 Å². The molecule has 0 bridgehead atoms. The summed E-state index contributed by atoms with van der Waals surface area (Å²) >= 11 is 3.16. The minimum atomic E-state index is -3.28. The van der Waals surface area contributed by atoms with Crippen molar-refractivity contribution in [3.63, 3.8) is 0 Å².